The van der Waals surface area contributed by atoms with Gasteiger partial charge in [-0.05, 0) is 41.3 Å². The lowest BCUT2D eigenvalue weighted by atomic mass is 9.50. The summed E-state index contributed by atoms with van der Waals surface area (Å²) in [5, 5.41) is 4.12. The van der Waals surface area contributed by atoms with Gasteiger partial charge in [-0.15, -0.1) is 0 Å². The minimum absolute atomic E-state index is 0.0478. The van der Waals surface area contributed by atoms with E-state index in [0.29, 0.717) is 23.3 Å². The highest BCUT2D eigenvalue weighted by Gasteiger charge is 2.54. The van der Waals surface area contributed by atoms with Crippen LogP contribution in [-0.2, 0) is 6.54 Å². The molecular formula is C32H27Cl2N5. The molecule has 6 rings (SSSR count). The van der Waals surface area contributed by atoms with Crippen LogP contribution in [0.5, 0.6) is 0 Å². The number of anilines is 1. The van der Waals surface area contributed by atoms with E-state index in [9.17, 15) is 0 Å². The molecule has 0 radical (unpaired) electrons. The summed E-state index contributed by atoms with van der Waals surface area (Å²) in [6.07, 6.45) is 0. The topological polar surface area (TPSA) is 63.6 Å². The van der Waals surface area contributed by atoms with E-state index >= 15 is 0 Å². The molecule has 0 amide bonds. The molecule has 1 aliphatic carbocycles. The third-order valence-corrected chi connectivity index (χ3v) is 7.82. The van der Waals surface area contributed by atoms with Crippen molar-refractivity contribution in [2.75, 3.05) is 5.32 Å². The van der Waals surface area contributed by atoms with Crippen LogP contribution >= 0.6 is 23.2 Å². The van der Waals surface area contributed by atoms with Crippen molar-refractivity contribution in [3.63, 3.8) is 0 Å². The zero-order chi connectivity index (χ0) is 26.8. The first-order valence-corrected chi connectivity index (χ1v) is 13.8. The Kier molecular flexibility index (Phi) is 7.27. The number of hydrogen-bond acceptors (Lipinski definition) is 5. The number of hydrogen-bond donors (Lipinski definition) is 1. The van der Waals surface area contributed by atoms with Gasteiger partial charge in [-0.3, -0.25) is 0 Å². The maximum Gasteiger partial charge on any atom is 0.224 e. The Bertz CT molecular complexity index is 1500. The van der Waals surface area contributed by atoms with Gasteiger partial charge in [-0.25, -0.2) is 19.9 Å². The maximum absolute atomic E-state index is 6.54. The Balaban J connectivity index is 1.45. The van der Waals surface area contributed by atoms with Gasteiger partial charge in [-0.1, -0.05) is 103 Å². The molecule has 5 aromatic rings. The van der Waals surface area contributed by atoms with Crippen LogP contribution in [0.25, 0.3) is 0 Å². The van der Waals surface area contributed by atoms with Crippen molar-refractivity contribution in [3.05, 3.63) is 147 Å². The van der Waals surface area contributed by atoms with E-state index in [0.717, 1.165) is 17.0 Å². The van der Waals surface area contributed by atoms with Gasteiger partial charge < -0.3 is 5.32 Å². The Morgan fingerprint density at radius 3 is 1.72 bits per heavy atom. The zero-order valence-electron chi connectivity index (χ0n) is 21.4. The molecule has 1 aliphatic rings. The van der Waals surface area contributed by atoms with E-state index in [4.69, 9.17) is 33.2 Å². The Labute approximate surface area is 238 Å². The minimum atomic E-state index is 0.0478. The largest absolute Gasteiger partial charge is 0.366 e. The predicted molar refractivity (Wildman–Crippen MR) is 156 cm³/mol. The van der Waals surface area contributed by atoms with Crippen LogP contribution in [0.15, 0.2) is 103 Å². The van der Waals surface area contributed by atoms with Gasteiger partial charge in [0.15, 0.2) is 0 Å². The minimum Gasteiger partial charge on any atom is -0.366 e. The molecule has 2 heterocycles. The van der Waals surface area contributed by atoms with E-state index in [2.05, 4.69) is 75.9 Å². The quantitative estimate of drug-likeness (QED) is 0.164. The number of aryl methyl sites for hydroxylation is 1. The Morgan fingerprint density at radius 2 is 1.15 bits per heavy atom. The summed E-state index contributed by atoms with van der Waals surface area (Å²) in [6, 6.07) is 35.3. The van der Waals surface area contributed by atoms with Gasteiger partial charge in [0, 0.05) is 42.0 Å². The molecular weight excluding hydrogens is 525 g/mol. The smallest absolute Gasteiger partial charge is 0.224 e. The van der Waals surface area contributed by atoms with E-state index in [1.165, 1.54) is 11.1 Å². The third kappa shape index (κ3) is 5.38. The van der Waals surface area contributed by atoms with E-state index in [-0.39, 0.29) is 29.0 Å². The van der Waals surface area contributed by atoms with Crippen molar-refractivity contribution in [2.24, 2.45) is 0 Å². The van der Waals surface area contributed by atoms with Crippen molar-refractivity contribution < 1.29 is 0 Å². The summed E-state index contributed by atoms with van der Waals surface area (Å²) in [4.78, 5) is 18.5. The first-order chi connectivity index (χ1) is 19.1. The molecule has 5 nitrogen and oxygen atoms in total. The van der Waals surface area contributed by atoms with Gasteiger partial charge in [0.25, 0.3) is 0 Å². The second kappa shape index (κ2) is 11.1. The second-order valence-corrected chi connectivity index (χ2v) is 10.6. The normalized spacial score (nSPS) is 20.3. The average molecular weight is 553 g/mol. The molecule has 1 saturated carbocycles. The highest BCUT2D eigenvalue weighted by molar-refractivity contribution is 6.29. The van der Waals surface area contributed by atoms with Gasteiger partial charge >= 0.3 is 0 Å². The Morgan fingerprint density at radius 1 is 0.615 bits per heavy atom. The van der Waals surface area contributed by atoms with Crippen molar-refractivity contribution in [1.29, 1.82) is 0 Å². The number of rotatable bonds is 7. The fraction of sp³-hybridized carbons (Fsp3) is 0.188. The fourth-order valence-electron chi connectivity index (χ4n) is 5.87. The number of halogens is 2. The molecule has 2 aromatic heterocycles. The van der Waals surface area contributed by atoms with Gasteiger partial charge in [0.2, 0.25) is 5.28 Å². The number of benzene rings is 3. The van der Waals surface area contributed by atoms with Gasteiger partial charge in [-0.2, -0.15) is 0 Å². The summed E-state index contributed by atoms with van der Waals surface area (Å²) in [5.74, 6) is 1.71. The lowest BCUT2D eigenvalue weighted by molar-refractivity contribution is 0.219. The van der Waals surface area contributed by atoms with Crippen molar-refractivity contribution in [3.8, 4) is 0 Å². The van der Waals surface area contributed by atoms with E-state index in [1.807, 2.05) is 49.4 Å². The molecule has 194 valence electrons. The number of nitrogens with zero attached hydrogens (tertiary/aromatic N) is 4. The van der Waals surface area contributed by atoms with Crippen molar-refractivity contribution >= 4 is 29.0 Å². The highest BCUT2D eigenvalue weighted by Crippen LogP contribution is 2.66. The molecule has 0 saturated heterocycles. The van der Waals surface area contributed by atoms with Crippen LogP contribution in [0.1, 0.15) is 57.6 Å². The number of nitrogens with one attached hydrogen (secondary N) is 1. The molecule has 0 unspecified atom stereocenters. The first kappa shape index (κ1) is 25.5. The monoisotopic (exact) mass is 551 g/mol. The summed E-state index contributed by atoms with van der Waals surface area (Å²) in [7, 11) is 0. The lowest BCUT2D eigenvalue weighted by Crippen LogP contribution is -2.41. The van der Waals surface area contributed by atoms with E-state index < -0.39 is 0 Å². The standard InChI is InChI=1S/C32H27Cl2N5/c1-20-36-24(17-26(33)37-20)30-28(22-13-7-3-8-14-22)31(29(30)23-15-9-4-10-16-23)25-18-27(39-32(34)38-25)35-19-21-11-5-2-6-12-21/h2-18,28-31H,19H2,1H3,(H,35,38,39)/t28-,29-,30?,31?/m1/s1. The number of aromatic nitrogens is 4. The molecule has 39 heavy (non-hydrogen) atoms. The van der Waals surface area contributed by atoms with Crippen LogP contribution in [-0.4, -0.2) is 19.9 Å². The van der Waals surface area contributed by atoms with E-state index in [1.54, 1.807) is 0 Å². The van der Waals surface area contributed by atoms with Gasteiger partial charge in [0.1, 0.15) is 16.8 Å². The first-order valence-electron chi connectivity index (χ1n) is 13.0. The molecule has 2 atom stereocenters. The molecule has 0 bridgehead atoms. The fourth-order valence-corrected chi connectivity index (χ4v) is 6.30. The maximum atomic E-state index is 6.54. The molecule has 1 N–H and O–H groups in total. The van der Waals surface area contributed by atoms with Crippen LogP contribution in [0, 0.1) is 6.92 Å². The summed E-state index contributed by atoms with van der Waals surface area (Å²) in [5.41, 5.74) is 5.45. The SMILES string of the molecule is Cc1nc(Cl)cc(C2[C@@H](c3ccccc3)C(c3cc(NCc4ccccc4)nc(Cl)n3)[C@@H]2c2ccccc2)n1. The average Bonchev–Trinajstić information content (AvgIpc) is 2.92. The third-order valence-electron chi connectivity index (χ3n) is 7.46. The van der Waals surface area contributed by atoms with Crippen molar-refractivity contribution in [1.82, 2.24) is 19.9 Å². The highest BCUT2D eigenvalue weighted by atomic mass is 35.5. The zero-order valence-corrected chi connectivity index (χ0v) is 22.9. The molecule has 7 heteroatoms. The molecule has 0 spiro atoms. The van der Waals surface area contributed by atoms with Crippen LogP contribution in [0.4, 0.5) is 5.82 Å². The molecule has 3 aromatic carbocycles. The predicted octanol–water partition coefficient (Wildman–Crippen LogP) is 7.94. The van der Waals surface area contributed by atoms with Crippen LogP contribution in [0.3, 0.4) is 0 Å². The summed E-state index contributed by atoms with van der Waals surface area (Å²) >= 11 is 13.0. The molecule has 1 fully saturated rings. The summed E-state index contributed by atoms with van der Waals surface area (Å²) in [6.45, 7) is 2.53. The van der Waals surface area contributed by atoms with Crippen LogP contribution < -0.4 is 5.32 Å². The van der Waals surface area contributed by atoms with Crippen molar-refractivity contribution in [2.45, 2.75) is 37.1 Å². The summed E-state index contributed by atoms with van der Waals surface area (Å²) < 4.78 is 0. The second-order valence-electron chi connectivity index (χ2n) is 9.87. The van der Waals surface area contributed by atoms with Crippen LogP contribution in [0.2, 0.25) is 10.4 Å². The lowest BCUT2D eigenvalue weighted by Gasteiger charge is -2.52. The van der Waals surface area contributed by atoms with Gasteiger partial charge in [0.05, 0.1) is 5.69 Å². The molecule has 0 aliphatic heterocycles. The Hall–Kier alpha value is -3.80.